The predicted molar refractivity (Wildman–Crippen MR) is 104 cm³/mol. The SMILES string of the molecule is COCC(=O)N1CCC(C(=O)N2CCCN(c3ccncc3C)CC2)CC1. The number of piperidine rings is 1. The van der Waals surface area contributed by atoms with Crippen LogP contribution in [0.2, 0.25) is 0 Å². The molecular formula is C20H30N4O3. The summed E-state index contributed by atoms with van der Waals surface area (Å²) >= 11 is 0. The topological polar surface area (TPSA) is 66.0 Å². The van der Waals surface area contributed by atoms with E-state index in [2.05, 4.69) is 22.9 Å². The van der Waals surface area contributed by atoms with Gasteiger partial charge in [-0.15, -0.1) is 0 Å². The van der Waals surface area contributed by atoms with Crippen LogP contribution in [0.3, 0.4) is 0 Å². The van der Waals surface area contributed by atoms with Crippen LogP contribution in [0.15, 0.2) is 18.5 Å². The van der Waals surface area contributed by atoms with E-state index in [-0.39, 0.29) is 24.3 Å². The number of hydrogen-bond acceptors (Lipinski definition) is 5. The molecule has 7 heteroatoms. The van der Waals surface area contributed by atoms with E-state index in [9.17, 15) is 9.59 Å². The maximum atomic E-state index is 13.0. The number of aryl methyl sites for hydroxylation is 1. The molecule has 2 saturated heterocycles. The van der Waals surface area contributed by atoms with Gasteiger partial charge in [-0.3, -0.25) is 14.6 Å². The fraction of sp³-hybridized carbons (Fsp3) is 0.650. The number of hydrogen-bond donors (Lipinski definition) is 0. The van der Waals surface area contributed by atoms with Crippen LogP contribution in [0.5, 0.6) is 0 Å². The van der Waals surface area contributed by atoms with Crippen molar-refractivity contribution in [3.05, 3.63) is 24.0 Å². The first kappa shape index (κ1) is 19.6. The van der Waals surface area contributed by atoms with Crippen LogP contribution in [0.1, 0.15) is 24.8 Å². The van der Waals surface area contributed by atoms with Crippen molar-refractivity contribution < 1.29 is 14.3 Å². The number of rotatable bonds is 4. The van der Waals surface area contributed by atoms with E-state index in [1.807, 2.05) is 22.2 Å². The molecule has 2 fully saturated rings. The first-order valence-corrected chi connectivity index (χ1v) is 9.81. The number of methoxy groups -OCH3 is 1. The highest BCUT2D eigenvalue weighted by Crippen LogP contribution is 2.23. The van der Waals surface area contributed by atoms with Gasteiger partial charge in [-0.2, -0.15) is 0 Å². The summed E-state index contributed by atoms with van der Waals surface area (Å²) in [7, 11) is 1.53. The van der Waals surface area contributed by atoms with E-state index in [4.69, 9.17) is 4.74 Å². The second kappa shape index (κ2) is 9.17. The van der Waals surface area contributed by atoms with Crippen molar-refractivity contribution >= 4 is 17.5 Å². The molecule has 1 aromatic heterocycles. The number of aromatic nitrogens is 1. The van der Waals surface area contributed by atoms with E-state index in [1.165, 1.54) is 18.4 Å². The first-order chi connectivity index (χ1) is 13.1. The van der Waals surface area contributed by atoms with E-state index in [0.29, 0.717) is 13.1 Å². The second-order valence-electron chi connectivity index (χ2n) is 7.42. The number of carbonyl (C=O) groups is 2. The summed E-state index contributed by atoms with van der Waals surface area (Å²) in [5.41, 5.74) is 2.38. The maximum absolute atomic E-state index is 13.0. The summed E-state index contributed by atoms with van der Waals surface area (Å²) in [6.07, 6.45) is 6.19. The summed E-state index contributed by atoms with van der Waals surface area (Å²) < 4.78 is 4.92. The molecule has 0 aromatic carbocycles. The molecule has 0 N–H and O–H groups in total. The van der Waals surface area contributed by atoms with Crippen LogP contribution in [-0.4, -0.2) is 79.6 Å². The number of likely N-dealkylation sites (tertiary alicyclic amines) is 1. The lowest BCUT2D eigenvalue weighted by Crippen LogP contribution is -2.46. The van der Waals surface area contributed by atoms with E-state index < -0.39 is 0 Å². The Morgan fingerprint density at radius 3 is 2.59 bits per heavy atom. The van der Waals surface area contributed by atoms with Crippen molar-refractivity contribution in [2.45, 2.75) is 26.2 Å². The van der Waals surface area contributed by atoms with E-state index in [0.717, 1.165) is 45.4 Å². The monoisotopic (exact) mass is 374 g/mol. The summed E-state index contributed by atoms with van der Waals surface area (Å²) in [5.74, 6) is 0.300. The lowest BCUT2D eigenvalue weighted by atomic mass is 9.95. The van der Waals surface area contributed by atoms with Gasteiger partial charge in [-0.1, -0.05) is 0 Å². The zero-order valence-corrected chi connectivity index (χ0v) is 16.4. The fourth-order valence-electron chi connectivity index (χ4n) is 4.05. The van der Waals surface area contributed by atoms with E-state index >= 15 is 0 Å². The number of carbonyl (C=O) groups excluding carboxylic acids is 2. The third-order valence-electron chi connectivity index (χ3n) is 5.60. The fourth-order valence-corrected chi connectivity index (χ4v) is 4.05. The van der Waals surface area contributed by atoms with Crippen LogP contribution >= 0.6 is 0 Å². The van der Waals surface area contributed by atoms with Gasteiger partial charge in [0.25, 0.3) is 0 Å². The molecule has 0 spiro atoms. The van der Waals surface area contributed by atoms with Gasteiger partial charge >= 0.3 is 0 Å². The van der Waals surface area contributed by atoms with Crippen molar-refractivity contribution in [1.82, 2.24) is 14.8 Å². The Bertz CT molecular complexity index is 658. The van der Waals surface area contributed by atoms with Crippen molar-refractivity contribution in [1.29, 1.82) is 0 Å². The van der Waals surface area contributed by atoms with Crippen LogP contribution in [-0.2, 0) is 14.3 Å². The number of anilines is 1. The van der Waals surface area contributed by atoms with E-state index in [1.54, 1.807) is 0 Å². The predicted octanol–water partition coefficient (Wildman–Crippen LogP) is 1.31. The van der Waals surface area contributed by atoms with Gasteiger partial charge in [-0.25, -0.2) is 0 Å². The Hall–Kier alpha value is -2.15. The molecule has 2 aliphatic rings. The first-order valence-electron chi connectivity index (χ1n) is 9.81. The molecule has 3 heterocycles. The van der Waals surface area contributed by atoms with Crippen molar-refractivity contribution in [3.63, 3.8) is 0 Å². The number of pyridine rings is 1. The lowest BCUT2D eigenvalue weighted by molar-refractivity contribution is -0.142. The Morgan fingerprint density at radius 2 is 1.89 bits per heavy atom. The highest BCUT2D eigenvalue weighted by atomic mass is 16.5. The van der Waals surface area contributed by atoms with Gasteiger partial charge in [0.15, 0.2) is 0 Å². The third kappa shape index (κ3) is 4.77. The van der Waals surface area contributed by atoms with Gasteiger partial charge < -0.3 is 19.4 Å². The third-order valence-corrected chi connectivity index (χ3v) is 5.60. The average molecular weight is 374 g/mol. The minimum Gasteiger partial charge on any atom is -0.375 e. The zero-order valence-electron chi connectivity index (χ0n) is 16.4. The standard InChI is InChI=1S/C20H30N4O3/c1-16-14-21-7-4-18(16)22-8-3-9-24(13-12-22)20(26)17-5-10-23(11-6-17)19(25)15-27-2/h4,7,14,17H,3,5-6,8-13,15H2,1-2H3. The molecule has 148 valence electrons. The smallest absolute Gasteiger partial charge is 0.248 e. The summed E-state index contributed by atoms with van der Waals surface area (Å²) in [4.78, 5) is 35.3. The highest BCUT2D eigenvalue weighted by Gasteiger charge is 2.31. The molecule has 2 aliphatic heterocycles. The normalized spacial score (nSPS) is 19.1. The molecule has 7 nitrogen and oxygen atoms in total. The average Bonchev–Trinajstić information content (AvgIpc) is 2.94. The largest absolute Gasteiger partial charge is 0.375 e. The molecule has 27 heavy (non-hydrogen) atoms. The molecule has 2 amide bonds. The zero-order chi connectivity index (χ0) is 19.2. The minimum absolute atomic E-state index is 0.0153. The summed E-state index contributed by atoms with van der Waals surface area (Å²) in [6, 6.07) is 2.06. The molecule has 3 rings (SSSR count). The Morgan fingerprint density at radius 1 is 1.11 bits per heavy atom. The van der Waals surface area contributed by atoms with Gasteiger partial charge in [0.1, 0.15) is 6.61 Å². The van der Waals surface area contributed by atoms with Crippen LogP contribution in [0.4, 0.5) is 5.69 Å². The Balaban J connectivity index is 1.53. The maximum Gasteiger partial charge on any atom is 0.248 e. The molecular weight excluding hydrogens is 344 g/mol. The van der Waals surface area contributed by atoms with Crippen molar-refractivity contribution in [2.24, 2.45) is 5.92 Å². The summed E-state index contributed by atoms with van der Waals surface area (Å²) in [5, 5.41) is 0. The second-order valence-corrected chi connectivity index (χ2v) is 7.42. The van der Waals surface area contributed by atoms with Gasteiger partial charge in [-0.05, 0) is 37.8 Å². The number of ether oxygens (including phenoxy) is 1. The molecule has 0 radical (unpaired) electrons. The van der Waals surface area contributed by atoms with Gasteiger partial charge in [0.05, 0.1) is 0 Å². The van der Waals surface area contributed by atoms with Crippen LogP contribution in [0, 0.1) is 12.8 Å². The Labute approximate surface area is 161 Å². The molecule has 1 aromatic rings. The molecule has 0 bridgehead atoms. The van der Waals surface area contributed by atoms with Gasteiger partial charge in [0, 0.05) is 70.4 Å². The number of nitrogens with zero attached hydrogens (tertiary/aromatic N) is 4. The van der Waals surface area contributed by atoms with Crippen molar-refractivity contribution in [2.75, 3.05) is 57.9 Å². The molecule has 0 saturated carbocycles. The summed E-state index contributed by atoms with van der Waals surface area (Å²) in [6.45, 7) is 6.86. The Kier molecular flexibility index (Phi) is 6.66. The lowest BCUT2D eigenvalue weighted by Gasteiger charge is -2.34. The highest BCUT2D eigenvalue weighted by molar-refractivity contribution is 5.80. The van der Waals surface area contributed by atoms with Crippen molar-refractivity contribution in [3.8, 4) is 0 Å². The minimum atomic E-state index is 0.0153. The van der Waals surface area contributed by atoms with Crippen LogP contribution in [0.25, 0.3) is 0 Å². The molecule has 0 aliphatic carbocycles. The van der Waals surface area contributed by atoms with Crippen LogP contribution < -0.4 is 4.90 Å². The molecule has 0 atom stereocenters. The molecule has 0 unspecified atom stereocenters. The quantitative estimate of drug-likeness (QED) is 0.795. The number of amides is 2. The van der Waals surface area contributed by atoms with Gasteiger partial charge in [0.2, 0.25) is 11.8 Å².